The lowest BCUT2D eigenvalue weighted by Gasteiger charge is -2.21. The van der Waals surface area contributed by atoms with Crippen LogP contribution in [-0.4, -0.2) is 19.0 Å². The Balaban J connectivity index is 2.41. The highest BCUT2D eigenvalue weighted by Gasteiger charge is 2.17. The molecule has 0 bridgehead atoms. The topological polar surface area (TPSA) is 34.0 Å². The van der Waals surface area contributed by atoms with Crippen molar-refractivity contribution in [2.24, 2.45) is 7.05 Å². The number of pyridine rings is 1. The first kappa shape index (κ1) is 11.4. The third-order valence-corrected chi connectivity index (χ3v) is 3.70. The Labute approximate surface area is 107 Å². The number of hydrogen-bond acceptors (Lipinski definition) is 2. The Hall–Kier alpha value is -1.71. The number of hydrogen-bond donors (Lipinski definition) is 1. The number of nitrogens with zero attached hydrogens (tertiary/aromatic N) is 1. The van der Waals surface area contributed by atoms with Gasteiger partial charge < -0.3 is 9.88 Å². The predicted molar refractivity (Wildman–Crippen MR) is 75.5 cm³/mol. The van der Waals surface area contributed by atoms with E-state index in [9.17, 15) is 4.79 Å². The molecule has 0 saturated heterocycles. The number of nitrogens with one attached hydrogen (secondary N) is 1. The Morgan fingerprint density at radius 1 is 1.44 bits per heavy atom. The summed E-state index contributed by atoms with van der Waals surface area (Å²) in [7, 11) is 7.50. The van der Waals surface area contributed by atoms with E-state index in [0.717, 1.165) is 47.1 Å². The summed E-state index contributed by atoms with van der Waals surface area (Å²) in [6.45, 7) is 0.938. The second-order valence-electron chi connectivity index (χ2n) is 4.80. The van der Waals surface area contributed by atoms with Gasteiger partial charge in [-0.15, -0.1) is 0 Å². The van der Waals surface area contributed by atoms with Gasteiger partial charge in [0.25, 0.3) is 5.56 Å². The van der Waals surface area contributed by atoms with Gasteiger partial charge in [-0.2, -0.15) is 0 Å². The van der Waals surface area contributed by atoms with Crippen LogP contribution in [0.1, 0.15) is 17.5 Å². The number of anilines is 1. The molecule has 2 radical (unpaired) electrons. The minimum absolute atomic E-state index is 0.110. The van der Waals surface area contributed by atoms with Crippen LogP contribution in [0.15, 0.2) is 23.0 Å². The summed E-state index contributed by atoms with van der Waals surface area (Å²) in [5.41, 5.74) is 4.04. The smallest absolute Gasteiger partial charge is 0.256 e. The van der Waals surface area contributed by atoms with Crippen LogP contribution < -0.4 is 10.9 Å². The third-order valence-electron chi connectivity index (χ3n) is 3.70. The average Bonchev–Trinajstić information content (AvgIpc) is 2.44. The number of rotatable bonds is 1. The van der Waals surface area contributed by atoms with E-state index in [1.54, 1.807) is 4.57 Å². The van der Waals surface area contributed by atoms with E-state index in [0.29, 0.717) is 6.32 Å². The van der Waals surface area contributed by atoms with Crippen molar-refractivity contribution in [1.29, 1.82) is 0 Å². The third kappa shape index (κ3) is 1.56. The fourth-order valence-corrected chi connectivity index (χ4v) is 2.69. The van der Waals surface area contributed by atoms with Crippen LogP contribution in [0.5, 0.6) is 0 Å². The molecule has 4 heteroatoms. The fourth-order valence-electron chi connectivity index (χ4n) is 2.69. The van der Waals surface area contributed by atoms with Gasteiger partial charge in [-0.1, -0.05) is 24.0 Å². The van der Waals surface area contributed by atoms with Gasteiger partial charge >= 0.3 is 0 Å². The molecule has 1 aliphatic rings. The second-order valence-corrected chi connectivity index (χ2v) is 4.80. The minimum atomic E-state index is 0.110. The molecule has 1 aromatic carbocycles. The molecule has 0 amide bonds. The van der Waals surface area contributed by atoms with Crippen LogP contribution in [0.3, 0.4) is 0 Å². The van der Waals surface area contributed by atoms with Crippen LogP contribution in [0.2, 0.25) is 0 Å². The molecule has 0 fully saturated rings. The SMILES string of the molecule is [B]Cc1ccc2c3c(c(=O)n(C)c2c1)CCCN3. The number of fused-ring (bicyclic) bond motifs is 3. The van der Waals surface area contributed by atoms with Crippen molar-refractivity contribution in [2.45, 2.75) is 19.2 Å². The summed E-state index contributed by atoms with van der Waals surface area (Å²) < 4.78 is 1.74. The van der Waals surface area contributed by atoms with Gasteiger partial charge in [0.2, 0.25) is 0 Å². The molecule has 0 unspecified atom stereocenters. The fraction of sp³-hybridized carbons (Fsp3) is 0.357. The number of aryl methyl sites for hydroxylation is 1. The van der Waals surface area contributed by atoms with Crippen molar-refractivity contribution in [1.82, 2.24) is 4.57 Å². The Bertz CT molecular complexity index is 676. The molecular formula is C14H15BN2O. The first-order chi connectivity index (χ1) is 8.72. The molecule has 2 heterocycles. The highest BCUT2D eigenvalue weighted by molar-refractivity contribution is 6.08. The molecule has 0 aliphatic carbocycles. The van der Waals surface area contributed by atoms with E-state index in [-0.39, 0.29) is 5.56 Å². The first-order valence-corrected chi connectivity index (χ1v) is 6.31. The average molecular weight is 238 g/mol. The van der Waals surface area contributed by atoms with Gasteiger partial charge in [0, 0.05) is 24.5 Å². The molecule has 0 atom stereocenters. The first-order valence-electron chi connectivity index (χ1n) is 6.31. The Morgan fingerprint density at radius 2 is 2.28 bits per heavy atom. The van der Waals surface area contributed by atoms with Crippen molar-refractivity contribution >= 4 is 24.4 Å². The van der Waals surface area contributed by atoms with Gasteiger partial charge in [0.15, 0.2) is 0 Å². The van der Waals surface area contributed by atoms with Crippen molar-refractivity contribution in [3.05, 3.63) is 39.7 Å². The van der Waals surface area contributed by atoms with Crippen molar-refractivity contribution in [2.75, 3.05) is 11.9 Å². The molecule has 1 aromatic heterocycles. The van der Waals surface area contributed by atoms with E-state index in [1.807, 2.05) is 19.2 Å². The molecule has 3 nitrogen and oxygen atoms in total. The Kier molecular flexibility index (Phi) is 2.65. The summed E-state index contributed by atoms with van der Waals surface area (Å²) in [6, 6.07) is 6.10. The minimum Gasteiger partial charge on any atom is -0.384 e. The van der Waals surface area contributed by atoms with Gasteiger partial charge in [0.1, 0.15) is 0 Å². The predicted octanol–water partition coefficient (Wildman–Crippen LogP) is 1.57. The van der Waals surface area contributed by atoms with Crippen LogP contribution in [-0.2, 0) is 19.8 Å². The standard InChI is InChI=1S/C14H15BN2O/c1-17-12-7-9(8-15)4-5-10(12)13-11(14(17)18)3-2-6-16-13/h4-5,7,16H,2-3,6,8H2,1H3. The zero-order valence-electron chi connectivity index (χ0n) is 10.5. The summed E-state index contributed by atoms with van der Waals surface area (Å²) in [5.74, 6) is 0. The highest BCUT2D eigenvalue weighted by Crippen LogP contribution is 2.28. The second kappa shape index (κ2) is 4.20. The summed E-state index contributed by atoms with van der Waals surface area (Å²) in [6.07, 6.45) is 2.38. The summed E-state index contributed by atoms with van der Waals surface area (Å²) >= 11 is 0. The van der Waals surface area contributed by atoms with Crippen LogP contribution in [0.25, 0.3) is 10.9 Å². The molecule has 90 valence electrons. The van der Waals surface area contributed by atoms with Crippen LogP contribution in [0, 0.1) is 0 Å². The molecular weight excluding hydrogens is 223 g/mol. The van der Waals surface area contributed by atoms with Crippen molar-refractivity contribution < 1.29 is 0 Å². The largest absolute Gasteiger partial charge is 0.384 e. The van der Waals surface area contributed by atoms with Gasteiger partial charge in [0.05, 0.1) is 19.1 Å². The lowest BCUT2D eigenvalue weighted by Crippen LogP contribution is -2.27. The zero-order chi connectivity index (χ0) is 12.7. The zero-order valence-corrected chi connectivity index (χ0v) is 10.5. The van der Waals surface area contributed by atoms with Crippen LogP contribution >= 0.6 is 0 Å². The van der Waals surface area contributed by atoms with Crippen LogP contribution in [0.4, 0.5) is 5.69 Å². The Morgan fingerprint density at radius 3 is 3.06 bits per heavy atom. The van der Waals surface area contributed by atoms with E-state index >= 15 is 0 Å². The van der Waals surface area contributed by atoms with E-state index < -0.39 is 0 Å². The highest BCUT2D eigenvalue weighted by atomic mass is 16.1. The number of benzene rings is 1. The van der Waals surface area contributed by atoms with Crippen molar-refractivity contribution in [3.63, 3.8) is 0 Å². The van der Waals surface area contributed by atoms with Gasteiger partial charge in [-0.3, -0.25) is 4.79 Å². The lowest BCUT2D eigenvalue weighted by atomic mass is 9.94. The molecule has 18 heavy (non-hydrogen) atoms. The quantitative estimate of drug-likeness (QED) is 0.765. The molecule has 0 spiro atoms. The maximum Gasteiger partial charge on any atom is 0.256 e. The van der Waals surface area contributed by atoms with Gasteiger partial charge in [-0.25, -0.2) is 0 Å². The maximum absolute atomic E-state index is 12.3. The lowest BCUT2D eigenvalue weighted by molar-refractivity contribution is 0.790. The monoisotopic (exact) mass is 238 g/mol. The van der Waals surface area contributed by atoms with Crippen molar-refractivity contribution in [3.8, 4) is 0 Å². The van der Waals surface area contributed by atoms with E-state index in [1.165, 1.54) is 0 Å². The molecule has 2 aromatic rings. The molecule has 1 N–H and O–H groups in total. The number of aromatic nitrogens is 1. The normalized spacial score (nSPS) is 14.3. The molecule has 1 aliphatic heterocycles. The van der Waals surface area contributed by atoms with Gasteiger partial charge in [-0.05, 0) is 18.9 Å². The maximum atomic E-state index is 12.3. The molecule has 0 saturated carbocycles. The summed E-state index contributed by atoms with van der Waals surface area (Å²) in [5, 5.41) is 4.48. The molecule has 3 rings (SSSR count). The summed E-state index contributed by atoms with van der Waals surface area (Å²) in [4.78, 5) is 12.3. The van der Waals surface area contributed by atoms with E-state index in [2.05, 4.69) is 11.4 Å². The van der Waals surface area contributed by atoms with E-state index in [4.69, 9.17) is 7.85 Å².